The van der Waals surface area contributed by atoms with Crippen molar-refractivity contribution in [3.63, 3.8) is 0 Å². The van der Waals surface area contributed by atoms with E-state index in [1.807, 2.05) is 19.2 Å². The number of methoxy groups -OCH3 is 1. The maximum Gasteiger partial charge on any atom is 0.255 e. The molecule has 0 fully saturated rings. The number of hydrogen-bond acceptors (Lipinski definition) is 3. The Bertz CT molecular complexity index is 680. The first-order valence-corrected chi connectivity index (χ1v) is 6.63. The maximum absolute atomic E-state index is 12.3. The molecule has 0 bridgehead atoms. The van der Waals surface area contributed by atoms with Gasteiger partial charge in [-0.05, 0) is 31.3 Å². The lowest BCUT2D eigenvalue weighted by atomic mass is 10.1. The third kappa shape index (κ3) is 2.71. The number of halogens is 1. The Morgan fingerprint density at radius 2 is 2.05 bits per heavy atom. The van der Waals surface area contributed by atoms with Crippen LogP contribution in [0.3, 0.4) is 0 Å². The summed E-state index contributed by atoms with van der Waals surface area (Å²) in [5, 5.41) is 3.59. The molecule has 2 rings (SSSR count). The van der Waals surface area contributed by atoms with Crippen LogP contribution >= 0.6 is 11.6 Å². The van der Waals surface area contributed by atoms with Gasteiger partial charge in [0.15, 0.2) is 0 Å². The number of rotatable bonds is 4. The SMILES string of the molecule is CNCc1ccc(-c2cc(Cl)ccc2OC)n(C)c1=O. The van der Waals surface area contributed by atoms with Crippen LogP contribution in [0.4, 0.5) is 0 Å². The van der Waals surface area contributed by atoms with Crippen LogP contribution in [0.15, 0.2) is 35.1 Å². The van der Waals surface area contributed by atoms with E-state index >= 15 is 0 Å². The highest BCUT2D eigenvalue weighted by Gasteiger charge is 2.12. The number of benzene rings is 1. The van der Waals surface area contributed by atoms with E-state index < -0.39 is 0 Å². The zero-order valence-corrected chi connectivity index (χ0v) is 12.5. The van der Waals surface area contributed by atoms with Crippen LogP contribution < -0.4 is 15.6 Å². The summed E-state index contributed by atoms with van der Waals surface area (Å²) in [6, 6.07) is 9.09. The molecule has 106 valence electrons. The molecule has 1 aromatic carbocycles. The summed E-state index contributed by atoms with van der Waals surface area (Å²) in [6.07, 6.45) is 0. The molecule has 1 aromatic heterocycles. The summed E-state index contributed by atoms with van der Waals surface area (Å²) in [7, 11) is 5.16. The molecule has 0 aliphatic carbocycles. The molecule has 0 atom stereocenters. The highest BCUT2D eigenvalue weighted by atomic mass is 35.5. The molecule has 0 aliphatic rings. The summed E-state index contributed by atoms with van der Waals surface area (Å²) >= 11 is 6.04. The van der Waals surface area contributed by atoms with Crippen LogP contribution in [0.2, 0.25) is 5.02 Å². The van der Waals surface area contributed by atoms with E-state index in [1.54, 1.807) is 36.9 Å². The summed E-state index contributed by atoms with van der Waals surface area (Å²) in [5.41, 5.74) is 2.27. The van der Waals surface area contributed by atoms with Crippen molar-refractivity contribution in [2.24, 2.45) is 7.05 Å². The van der Waals surface area contributed by atoms with Gasteiger partial charge in [-0.1, -0.05) is 17.7 Å². The van der Waals surface area contributed by atoms with Crippen molar-refractivity contribution in [1.29, 1.82) is 0 Å². The van der Waals surface area contributed by atoms with Crippen LogP contribution in [0, 0.1) is 0 Å². The van der Waals surface area contributed by atoms with Crippen LogP contribution in [0.1, 0.15) is 5.56 Å². The first kappa shape index (κ1) is 14.6. The molecule has 0 spiro atoms. The van der Waals surface area contributed by atoms with Gasteiger partial charge in [-0.25, -0.2) is 0 Å². The first-order chi connectivity index (χ1) is 9.58. The van der Waals surface area contributed by atoms with E-state index in [-0.39, 0.29) is 5.56 Å². The second-order valence-electron chi connectivity index (χ2n) is 4.48. The number of nitrogens with one attached hydrogen (secondary N) is 1. The van der Waals surface area contributed by atoms with E-state index in [4.69, 9.17) is 16.3 Å². The van der Waals surface area contributed by atoms with Gasteiger partial charge in [-0.3, -0.25) is 4.79 Å². The monoisotopic (exact) mass is 292 g/mol. The van der Waals surface area contributed by atoms with E-state index in [1.165, 1.54) is 0 Å². The van der Waals surface area contributed by atoms with Gasteiger partial charge in [0, 0.05) is 29.7 Å². The second-order valence-corrected chi connectivity index (χ2v) is 4.92. The second kappa shape index (κ2) is 6.11. The number of nitrogens with zero attached hydrogens (tertiary/aromatic N) is 1. The minimum Gasteiger partial charge on any atom is -0.496 e. The van der Waals surface area contributed by atoms with Crippen molar-refractivity contribution in [2.45, 2.75) is 6.54 Å². The van der Waals surface area contributed by atoms with Crippen molar-refractivity contribution in [1.82, 2.24) is 9.88 Å². The van der Waals surface area contributed by atoms with E-state index in [0.717, 1.165) is 16.8 Å². The van der Waals surface area contributed by atoms with Crippen molar-refractivity contribution in [2.75, 3.05) is 14.2 Å². The largest absolute Gasteiger partial charge is 0.496 e. The van der Waals surface area contributed by atoms with Gasteiger partial charge in [0.2, 0.25) is 0 Å². The van der Waals surface area contributed by atoms with Crippen LogP contribution in [-0.2, 0) is 13.6 Å². The number of hydrogen-bond donors (Lipinski definition) is 1. The van der Waals surface area contributed by atoms with Crippen molar-refractivity contribution < 1.29 is 4.74 Å². The quantitative estimate of drug-likeness (QED) is 0.941. The van der Waals surface area contributed by atoms with Gasteiger partial charge < -0.3 is 14.6 Å². The Hall–Kier alpha value is -1.78. The van der Waals surface area contributed by atoms with Gasteiger partial charge in [-0.2, -0.15) is 0 Å². The van der Waals surface area contributed by atoms with Crippen molar-refractivity contribution >= 4 is 11.6 Å². The highest BCUT2D eigenvalue weighted by molar-refractivity contribution is 6.30. The van der Waals surface area contributed by atoms with Crippen LogP contribution in [0.5, 0.6) is 5.75 Å². The first-order valence-electron chi connectivity index (χ1n) is 6.26. The lowest BCUT2D eigenvalue weighted by Crippen LogP contribution is -2.25. The molecule has 1 heterocycles. The summed E-state index contributed by atoms with van der Waals surface area (Å²) in [4.78, 5) is 12.3. The van der Waals surface area contributed by atoms with E-state index in [9.17, 15) is 4.79 Å². The standard InChI is InChI=1S/C15H17ClN2O2/c1-17-9-10-4-6-13(18(2)15(10)19)12-8-11(16)5-7-14(12)20-3/h4-8,17H,9H2,1-3H3. The smallest absolute Gasteiger partial charge is 0.255 e. The molecular formula is C15H17ClN2O2. The maximum atomic E-state index is 12.3. The molecule has 0 saturated heterocycles. The number of pyridine rings is 1. The number of aromatic nitrogens is 1. The fraction of sp³-hybridized carbons (Fsp3) is 0.267. The predicted octanol–water partition coefficient (Wildman–Crippen LogP) is 2.43. The summed E-state index contributed by atoms with van der Waals surface area (Å²) in [6.45, 7) is 0.541. The summed E-state index contributed by atoms with van der Waals surface area (Å²) in [5.74, 6) is 0.686. The van der Waals surface area contributed by atoms with Crippen LogP contribution in [-0.4, -0.2) is 18.7 Å². The molecule has 0 unspecified atom stereocenters. The molecule has 5 heteroatoms. The van der Waals surface area contributed by atoms with Gasteiger partial charge in [-0.15, -0.1) is 0 Å². The lowest BCUT2D eigenvalue weighted by molar-refractivity contribution is 0.416. The molecule has 0 aliphatic heterocycles. The van der Waals surface area contributed by atoms with E-state index in [2.05, 4.69) is 5.32 Å². The third-order valence-corrected chi connectivity index (χ3v) is 3.42. The van der Waals surface area contributed by atoms with Gasteiger partial charge in [0.1, 0.15) is 5.75 Å². The molecular weight excluding hydrogens is 276 g/mol. The van der Waals surface area contributed by atoms with Crippen molar-refractivity contribution in [3.05, 3.63) is 51.3 Å². The predicted molar refractivity (Wildman–Crippen MR) is 81.4 cm³/mol. The Morgan fingerprint density at radius 1 is 1.30 bits per heavy atom. The Morgan fingerprint density at radius 3 is 2.70 bits per heavy atom. The minimum absolute atomic E-state index is 0.0288. The molecule has 1 N–H and O–H groups in total. The minimum atomic E-state index is -0.0288. The van der Waals surface area contributed by atoms with Gasteiger partial charge in [0.25, 0.3) is 5.56 Å². The highest BCUT2D eigenvalue weighted by Crippen LogP contribution is 2.31. The van der Waals surface area contributed by atoms with Gasteiger partial charge in [0.05, 0.1) is 12.8 Å². The molecule has 0 radical (unpaired) electrons. The molecule has 4 nitrogen and oxygen atoms in total. The molecule has 0 saturated carbocycles. The zero-order valence-electron chi connectivity index (χ0n) is 11.7. The molecule has 0 amide bonds. The van der Waals surface area contributed by atoms with Crippen LogP contribution in [0.25, 0.3) is 11.3 Å². The Kier molecular flexibility index (Phi) is 4.47. The normalized spacial score (nSPS) is 10.6. The third-order valence-electron chi connectivity index (χ3n) is 3.19. The molecule has 2 aromatic rings. The zero-order chi connectivity index (χ0) is 14.7. The fourth-order valence-electron chi connectivity index (χ4n) is 2.16. The van der Waals surface area contributed by atoms with E-state index in [0.29, 0.717) is 17.3 Å². The topological polar surface area (TPSA) is 43.3 Å². The summed E-state index contributed by atoms with van der Waals surface area (Å²) < 4.78 is 6.95. The average molecular weight is 293 g/mol. The Balaban J connectivity index is 2.62. The average Bonchev–Trinajstić information content (AvgIpc) is 2.44. The van der Waals surface area contributed by atoms with Gasteiger partial charge >= 0.3 is 0 Å². The lowest BCUT2D eigenvalue weighted by Gasteiger charge is -2.14. The molecule has 20 heavy (non-hydrogen) atoms. The fourth-order valence-corrected chi connectivity index (χ4v) is 2.34. The Labute approximate surface area is 123 Å². The number of ether oxygens (including phenoxy) is 1. The van der Waals surface area contributed by atoms with Crippen molar-refractivity contribution in [3.8, 4) is 17.0 Å².